The van der Waals surface area contributed by atoms with Gasteiger partial charge in [0, 0.05) is 12.7 Å². The number of hydrogen-bond donors (Lipinski definition) is 2. The third-order valence-electron chi connectivity index (χ3n) is 3.65. The highest BCUT2D eigenvalue weighted by Crippen LogP contribution is 2.23. The topological polar surface area (TPSA) is 92.2 Å². The number of carbonyl (C=O) groups is 2. The van der Waals surface area contributed by atoms with Crippen LogP contribution in [-0.4, -0.2) is 37.6 Å². The van der Waals surface area contributed by atoms with Gasteiger partial charge in [0.2, 0.25) is 11.9 Å². The van der Waals surface area contributed by atoms with Crippen LogP contribution in [0, 0.1) is 0 Å². The maximum absolute atomic E-state index is 12.5. The molecule has 0 radical (unpaired) electrons. The van der Waals surface area contributed by atoms with Crippen LogP contribution in [0.5, 0.6) is 0 Å². The summed E-state index contributed by atoms with van der Waals surface area (Å²) in [4.78, 5) is 30.1. The van der Waals surface area contributed by atoms with E-state index in [1.165, 1.54) is 15.9 Å². The van der Waals surface area contributed by atoms with Crippen molar-refractivity contribution in [1.29, 1.82) is 0 Å². The van der Waals surface area contributed by atoms with Crippen LogP contribution in [0.25, 0.3) is 0 Å². The Morgan fingerprint density at radius 1 is 1.41 bits per heavy atom. The van der Waals surface area contributed by atoms with E-state index in [1.807, 2.05) is 24.3 Å². The first-order valence-electron chi connectivity index (χ1n) is 6.86. The second-order valence-corrected chi connectivity index (χ2v) is 5.09. The van der Waals surface area contributed by atoms with Crippen molar-refractivity contribution < 1.29 is 9.59 Å². The largest absolute Gasteiger partial charge is 0.325 e. The SMILES string of the molecule is CC1C(=O)Nc2ccccc2CN1C(=O)Nc1ncnn1C. The van der Waals surface area contributed by atoms with Crippen molar-refractivity contribution in [1.82, 2.24) is 19.7 Å². The predicted octanol–water partition coefficient (Wildman–Crippen LogP) is 1.19. The van der Waals surface area contributed by atoms with Gasteiger partial charge < -0.3 is 10.2 Å². The maximum Gasteiger partial charge on any atom is 0.325 e. The molecule has 1 aliphatic heterocycles. The van der Waals surface area contributed by atoms with Gasteiger partial charge in [-0.3, -0.25) is 10.1 Å². The third-order valence-corrected chi connectivity index (χ3v) is 3.65. The summed E-state index contributed by atoms with van der Waals surface area (Å²) in [5.41, 5.74) is 1.61. The molecule has 3 rings (SSSR count). The molecule has 1 aromatic carbocycles. The number of urea groups is 1. The third kappa shape index (κ3) is 2.50. The molecule has 1 aliphatic rings. The summed E-state index contributed by atoms with van der Waals surface area (Å²) in [5.74, 6) is 0.105. The number of para-hydroxylation sites is 1. The number of benzene rings is 1. The van der Waals surface area contributed by atoms with Gasteiger partial charge in [-0.05, 0) is 18.6 Å². The number of hydrogen-bond acceptors (Lipinski definition) is 4. The fraction of sp³-hybridized carbons (Fsp3) is 0.286. The van der Waals surface area contributed by atoms with E-state index in [-0.39, 0.29) is 5.91 Å². The molecule has 0 bridgehead atoms. The van der Waals surface area contributed by atoms with Gasteiger partial charge in [0.25, 0.3) is 0 Å². The van der Waals surface area contributed by atoms with Crippen molar-refractivity contribution >= 4 is 23.6 Å². The molecule has 1 aromatic heterocycles. The molecule has 8 heteroatoms. The van der Waals surface area contributed by atoms with E-state index in [1.54, 1.807) is 14.0 Å². The molecule has 114 valence electrons. The normalized spacial score (nSPS) is 17.5. The van der Waals surface area contributed by atoms with Crippen molar-refractivity contribution in [3.05, 3.63) is 36.2 Å². The number of nitrogens with zero attached hydrogens (tertiary/aromatic N) is 4. The minimum absolute atomic E-state index is 0.224. The van der Waals surface area contributed by atoms with E-state index in [0.29, 0.717) is 12.5 Å². The molecular formula is C14H16N6O2. The minimum atomic E-state index is -0.597. The molecule has 0 fully saturated rings. The lowest BCUT2D eigenvalue weighted by atomic mass is 10.2. The van der Waals surface area contributed by atoms with E-state index in [4.69, 9.17) is 0 Å². The fourth-order valence-electron chi connectivity index (χ4n) is 2.30. The molecule has 8 nitrogen and oxygen atoms in total. The highest BCUT2D eigenvalue weighted by molar-refractivity contribution is 6.00. The molecule has 2 aromatic rings. The minimum Gasteiger partial charge on any atom is -0.324 e. The van der Waals surface area contributed by atoms with Crippen LogP contribution < -0.4 is 10.6 Å². The van der Waals surface area contributed by atoms with E-state index >= 15 is 0 Å². The molecule has 2 heterocycles. The number of amides is 3. The first kappa shape index (κ1) is 14.1. The van der Waals surface area contributed by atoms with Gasteiger partial charge in [-0.1, -0.05) is 18.2 Å². The Kier molecular flexibility index (Phi) is 3.50. The van der Waals surface area contributed by atoms with Crippen LogP contribution in [0.1, 0.15) is 12.5 Å². The Labute approximate surface area is 127 Å². The Morgan fingerprint density at radius 3 is 2.91 bits per heavy atom. The monoisotopic (exact) mass is 300 g/mol. The Bertz CT molecular complexity index is 726. The van der Waals surface area contributed by atoms with E-state index in [9.17, 15) is 9.59 Å². The van der Waals surface area contributed by atoms with Gasteiger partial charge in [-0.25, -0.2) is 9.48 Å². The zero-order valence-electron chi connectivity index (χ0n) is 12.3. The number of nitrogens with one attached hydrogen (secondary N) is 2. The fourth-order valence-corrected chi connectivity index (χ4v) is 2.30. The van der Waals surface area contributed by atoms with Gasteiger partial charge in [-0.2, -0.15) is 10.1 Å². The van der Waals surface area contributed by atoms with Crippen molar-refractivity contribution in [2.24, 2.45) is 7.05 Å². The Morgan fingerprint density at radius 2 is 2.18 bits per heavy atom. The maximum atomic E-state index is 12.5. The van der Waals surface area contributed by atoms with Crippen LogP contribution in [0.2, 0.25) is 0 Å². The summed E-state index contributed by atoms with van der Waals surface area (Å²) in [6.07, 6.45) is 1.35. The lowest BCUT2D eigenvalue weighted by molar-refractivity contribution is -0.119. The van der Waals surface area contributed by atoms with Crippen molar-refractivity contribution in [2.75, 3.05) is 10.6 Å². The van der Waals surface area contributed by atoms with Crippen LogP contribution in [-0.2, 0) is 18.4 Å². The van der Waals surface area contributed by atoms with E-state index < -0.39 is 12.1 Å². The van der Waals surface area contributed by atoms with Gasteiger partial charge in [-0.15, -0.1) is 0 Å². The van der Waals surface area contributed by atoms with Crippen molar-refractivity contribution in [3.63, 3.8) is 0 Å². The van der Waals surface area contributed by atoms with Gasteiger partial charge >= 0.3 is 6.03 Å². The van der Waals surface area contributed by atoms with Crippen LogP contribution in [0.15, 0.2) is 30.6 Å². The number of aromatic nitrogens is 3. The molecule has 22 heavy (non-hydrogen) atoms. The average Bonchev–Trinajstić information content (AvgIpc) is 2.84. The van der Waals surface area contributed by atoms with Gasteiger partial charge in [0.05, 0.1) is 6.54 Å². The summed E-state index contributed by atoms with van der Waals surface area (Å²) in [6.45, 7) is 2.03. The standard InChI is InChI=1S/C14H16N6O2/c1-9-12(21)17-11-6-4-3-5-10(11)7-20(9)14(22)18-13-15-8-16-19(13)2/h3-6,8-9H,7H2,1-2H3,(H,17,21)(H,15,16,18,22). The molecule has 0 spiro atoms. The Hall–Kier alpha value is -2.90. The van der Waals surface area contributed by atoms with Crippen LogP contribution in [0.3, 0.4) is 0 Å². The van der Waals surface area contributed by atoms with Crippen LogP contribution in [0.4, 0.5) is 16.4 Å². The van der Waals surface area contributed by atoms with E-state index in [2.05, 4.69) is 20.7 Å². The number of anilines is 2. The highest BCUT2D eigenvalue weighted by atomic mass is 16.2. The molecule has 2 N–H and O–H groups in total. The van der Waals surface area contributed by atoms with Crippen molar-refractivity contribution in [2.45, 2.75) is 19.5 Å². The quantitative estimate of drug-likeness (QED) is 0.827. The summed E-state index contributed by atoms with van der Waals surface area (Å²) in [6, 6.07) is 6.44. The molecule has 1 atom stereocenters. The summed E-state index contributed by atoms with van der Waals surface area (Å²) < 4.78 is 1.45. The lowest BCUT2D eigenvalue weighted by Gasteiger charge is -2.25. The number of fused-ring (bicyclic) bond motifs is 1. The summed E-state index contributed by atoms with van der Waals surface area (Å²) >= 11 is 0. The molecule has 0 saturated carbocycles. The number of carbonyl (C=O) groups excluding carboxylic acids is 2. The zero-order chi connectivity index (χ0) is 15.7. The van der Waals surface area contributed by atoms with Gasteiger partial charge in [0.1, 0.15) is 12.4 Å². The van der Waals surface area contributed by atoms with Crippen LogP contribution >= 0.6 is 0 Å². The summed E-state index contributed by atoms with van der Waals surface area (Å²) in [5, 5.41) is 9.40. The zero-order valence-corrected chi connectivity index (χ0v) is 12.3. The average molecular weight is 300 g/mol. The molecule has 0 aliphatic carbocycles. The molecule has 1 unspecified atom stereocenters. The lowest BCUT2D eigenvalue weighted by Crippen LogP contribution is -2.45. The predicted molar refractivity (Wildman–Crippen MR) is 80.1 cm³/mol. The molecule has 3 amide bonds. The second kappa shape index (κ2) is 5.47. The number of aryl methyl sites for hydroxylation is 1. The second-order valence-electron chi connectivity index (χ2n) is 5.09. The summed E-state index contributed by atoms with van der Waals surface area (Å²) in [7, 11) is 1.68. The van der Waals surface area contributed by atoms with E-state index in [0.717, 1.165) is 11.3 Å². The first-order valence-corrected chi connectivity index (χ1v) is 6.86. The first-order chi connectivity index (χ1) is 10.6. The smallest absolute Gasteiger partial charge is 0.324 e. The van der Waals surface area contributed by atoms with Crippen molar-refractivity contribution in [3.8, 4) is 0 Å². The van der Waals surface area contributed by atoms with Gasteiger partial charge in [0.15, 0.2) is 0 Å². The number of rotatable bonds is 1. The molecule has 0 saturated heterocycles. The Balaban J connectivity index is 1.87. The molecular weight excluding hydrogens is 284 g/mol. The highest BCUT2D eigenvalue weighted by Gasteiger charge is 2.30.